The number of aromatic nitrogens is 3. The Hall–Kier alpha value is -3.48. The molecule has 0 radical (unpaired) electrons. The van der Waals surface area contributed by atoms with Gasteiger partial charge in [0.15, 0.2) is 0 Å². The zero-order valence-electron chi connectivity index (χ0n) is 14.8. The summed E-state index contributed by atoms with van der Waals surface area (Å²) >= 11 is 0. The first kappa shape index (κ1) is 17.3. The Morgan fingerprint density at radius 2 is 1.58 bits per heavy atom. The molecule has 3 rings (SSSR count). The van der Waals surface area contributed by atoms with Crippen molar-refractivity contribution in [2.24, 2.45) is 0 Å². The zero-order chi connectivity index (χ0) is 18.5. The predicted molar refractivity (Wildman–Crippen MR) is 99.6 cm³/mol. The van der Waals surface area contributed by atoms with Gasteiger partial charge in [0.1, 0.15) is 5.82 Å². The van der Waals surface area contributed by atoms with Gasteiger partial charge in [-0.3, -0.25) is 4.79 Å². The Bertz CT molecular complexity index is 875. The lowest BCUT2D eigenvalue weighted by Gasteiger charge is -2.11. The van der Waals surface area contributed by atoms with E-state index in [2.05, 4.69) is 20.3 Å². The Morgan fingerprint density at radius 1 is 0.923 bits per heavy atom. The van der Waals surface area contributed by atoms with E-state index in [1.165, 1.54) is 7.11 Å². The molecule has 0 aliphatic rings. The van der Waals surface area contributed by atoms with Crippen molar-refractivity contribution in [3.63, 3.8) is 0 Å². The highest BCUT2D eigenvalue weighted by Crippen LogP contribution is 2.22. The van der Waals surface area contributed by atoms with Crippen molar-refractivity contribution in [1.82, 2.24) is 19.9 Å². The summed E-state index contributed by atoms with van der Waals surface area (Å²) in [4.78, 5) is 26.0. The van der Waals surface area contributed by atoms with Gasteiger partial charge in [-0.2, -0.15) is 0 Å². The lowest BCUT2D eigenvalue weighted by atomic mass is 10.1. The van der Waals surface area contributed by atoms with Crippen LogP contribution in [0.25, 0.3) is 11.1 Å². The van der Waals surface area contributed by atoms with Gasteiger partial charge in [0.2, 0.25) is 0 Å². The van der Waals surface area contributed by atoms with E-state index in [0.29, 0.717) is 17.4 Å². The summed E-state index contributed by atoms with van der Waals surface area (Å²) in [6.45, 7) is 0. The van der Waals surface area contributed by atoms with Gasteiger partial charge >= 0.3 is 6.01 Å². The number of ether oxygens (including phenoxy) is 1. The Labute approximate surface area is 151 Å². The summed E-state index contributed by atoms with van der Waals surface area (Å²) in [5, 5.41) is 3.13. The maximum atomic E-state index is 11.9. The number of carbonyl (C=O) groups excluding carboxylic acids is 1. The van der Waals surface area contributed by atoms with Crippen molar-refractivity contribution in [2.45, 2.75) is 0 Å². The van der Waals surface area contributed by atoms with Crippen LogP contribution in [-0.4, -0.2) is 47.0 Å². The minimum absolute atomic E-state index is 0.0177. The van der Waals surface area contributed by atoms with Crippen LogP contribution in [0.15, 0.2) is 55.0 Å². The fraction of sp³-hybridized carbons (Fsp3) is 0.158. The number of nitrogens with zero attached hydrogens (tertiary/aromatic N) is 4. The molecule has 0 saturated heterocycles. The molecule has 0 saturated carbocycles. The topological polar surface area (TPSA) is 80.2 Å². The van der Waals surface area contributed by atoms with E-state index in [4.69, 9.17) is 4.74 Å². The number of amides is 1. The molecule has 7 heteroatoms. The lowest BCUT2D eigenvalue weighted by molar-refractivity contribution is 0.0827. The summed E-state index contributed by atoms with van der Waals surface area (Å²) in [7, 11) is 4.99. The number of anilines is 2. The molecule has 2 heterocycles. The maximum Gasteiger partial charge on any atom is 0.316 e. The van der Waals surface area contributed by atoms with Gasteiger partial charge < -0.3 is 15.0 Å². The number of rotatable bonds is 5. The number of pyridine rings is 1. The standard InChI is InChI=1S/C19H19N5O2/c1-24(2)18(25)14-6-4-13(5-7-14)15-8-9-17(20-10-15)23-16-11-21-19(26-3)22-12-16/h4-12H,1-3H3,(H,20,23). The molecular weight excluding hydrogens is 330 g/mol. The molecule has 7 nitrogen and oxygen atoms in total. The first-order valence-electron chi connectivity index (χ1n) is 7.98. The van der Waals surface area contributed by atoms with E-state index in [1.54, 1.807) is 37.6 Å². The predicted octanol–water partition coefficient (Wildman–Crippen LogP) is 2.99. The number of hydrogen-bond acceptors (Lipinski definition) is 6. The average molecular weight is 349 g/mol. The number of nitrogens with one attached hydrogen (secondary N) is 1. The van der Waals surface area contributed by atoms with Crippen molar-refractivity contribution < 1.29 is 9.53 Å². The van der Waals surface area contributed by atoms with Crippen LogP contribution in [-0.2, 0) is 0 Å². The number of hydrogen-bond donors (Lipinski definition) is 1. The molecule has 132 valence electrons. The third kappa shape index (κ3) is 3.94. The first-order valence-corrected chi connectivity index (χ1v) is 7.98. The second-order valence-electron chi connectivity index (χ2n) is 5.79. The SMILES string of the molecule is COc1ncc(Nc2ccc(-c3ccc(C(=O)N(C)C)cc3)cn2)cn1. The highest BCUT2D eigenvalue weighted by atomic mass is 16.5. The third-order valence-electron chi connectivity index (χ3n) is 3.72. The van der Waals surface area contributed by atoms with Crippen LogP contribution in [0.4, 0.5) is 11.5 Å². The molecule has 2 aromatic heterocycles. The van der Waals surface area contributed by atoms with E-state index in [9.17, 15) is 4.79 Å². The molecule has 0 aliphatic carbocycles. The third-order valence-corrected chi connectivity index (χ3v) is 3.72. The van der Waals surface area contributed by atoms with Gasteiger partial charge in [-0.15, -0.1) is 0 Å². The fourth-order valence-corrected chi connectivity index (χ4v) is 2.34. The molecule has 0 bridgehead atoms. The van der Waals surface area contributed by atoms with Crippen LogP contribution in [0.2, 0.25) is 0 Å². The molecule has 1 amide bonds. The molecule has 26 heavy (non-hydrogen) atoms. The van der Waals surface area contributed by atoms with Crippen molar-refractivity contribution in [3.05, 3.63) is 60.6 Å². The minimum Gasteiger partial charge on any atom is -0.467 e. The monoisotopic (exact) mass is 349 g/mol. The van der Waals surface area contributed by atoms with Crippen LogP contribution < -0.4 is 10.1 Å². The highest BCUT2D eigenvalue weighted by molar-refractivity contribution is 5.94. The summed E-state index contributed by atoms with van der Waals surface area (Å²) in [6, 6.07) is 11.6. The Morgan fingerprint density at radius 3 is 2.12 bits per heavy atom. The second-order valence-corrected chi connectivity index (χ2v) is 5.79. The van der Waals surface area contributed by atoms with Gasteiger partial charge in [-0.05, 0) is 29.8 Å². The molecular formula is C19H19N5O2. The van der Waals surface area contributed by atoms with Gasteiger partial charge in [-0.25, -0.2) is 15.0 Å². The van der Waals surface area contributed by atoms with Crippen LogP contribution in [0.3, 0.4) is 0 Å². The Kier molecular flexibility index (Phi) is 5.07. The normalized spacial score (nSPS) is 10.3. The molecule has 0 atom stereocenters. The average Bonchev–Trinajstić information content (AvgIpc) is 2.69. The van der Waals surface area contributed by atoms with Crippen LogP contribution in [0, 0.1) is 0 Å². The summed E-state index contributed by atoms with van der Waals surface area (Å²) in [5.74, 6) is 0.665. The van der Waals surface area contributed by atoms with Crippen molar-refractivity contribution in [3.8, 4) is 17.1 Å². The molecule has 0 fully saturated rings. The number of methoxy groups -OCH3 is 1. The highest BCUT2D eigenvalue weighted by Gasteiger charge is 2.08. The maximum absolute atomic E-state index is 11.9. The zero-order valence-corrected chi connectivity index (χ0v) is 14.8. The van der Waals surface area contributed by atoms with E-state index >= 15 is 0 Å². The number of carbonyl (C=O) groups is 1. The van der Waals surface area contributed by atoms with Crippen LogP contribution >= 0.6 is 0 Å². The smallest absolute Gasteiger partial charge is 0.316 e. The number of benzene rings is 1. The molecule has 0 spiro atoms. The van der Waals surface area contributed by atoms with Crippen molar-refractivity contribution in [2.75, 3.05) is 26.5 Å². The van der Waals surface area contributed by atoms with Gasteiger partial charge in [0.25, 0.3) is 5.91 Å². The molecule has 0 aliphatic heterocycles. The van der Waals surface area contributed by atoms with Gasteiger partial charge in [0, 0.05) is 31.4 Å². The van der Waals surface area contributed by atoms with Crippen molar-refractivity contribution >= 4 is 17.4 Å². The largest absolute Gasteiger partial charge is 0.467 e. The molecule has 3 aromatic rings. The quantitative estimate of drug-likeness (QED) is 0.763. The van der Waals surface area contributed by atoms with Crippen LogP contribution in [0.5, 0.6) is 6.01 Å². The molecule has 1 N–H and O–H groups in total. The molecule has 1 aromatic carbocycles. The fourth-order valence-electron chi connectivity index (χ4n) is 2.34. The Balaban J connectivity index is 1.71. The lowest BCUT2D eigenvalue weighted by Crippen LogP contribution is -2.21. The summed E-state index contributed by atoms with van der Waals surface area (Å²) in [6.07, 6.45) is 5.03. The summed E-state index contributed by atoms with van der Waals surface area (Å²) in [5.41, 5.74) is 3.33. The minimum atomic E-state index is -0.0177. The second kappa shape index (κ2) is 7.60. The van der Waals surface area contributed by atoms with E-state index in [-0.39, 0.29) is 5.91 Å². The summed E-state index contributed by atoms with van der Waals surface area (Å²) < 4.78 is 4.93. The van der Waals surface area contributed by atoms with Gasteiger partial charge in [0.05, 0.1) is 25.2 Å². The van der Waals surface area contributed by atoms with Crippen molar-refractivity contribution in [1.29, 1.82) is 0 Å². The first-order chi connectivity index (χ1) is 12.6. The van der Waals surface area contributed by atoms with E-state index in [0.717, 1.165) is 16.8 Å². The van der Waals surface area contributed by atoms with E-state index < -0.39 is 0 Å². The molecule has 0 unspecified atom stereocenters. The van der Waals surface area contributed by atoms with Crippen LogP contribution in [0.1, 0.15) is 10.4 Å². The van der Waals surface area contributed by atoms with E-state index in [1.807, 2.05) is 36.4 Å². The van der Waals surface area contributed by atoms with Gasteiger partial charge in [-0.1, -0.05) is 12.1 Å².